The molecule has 2 N–H and O–H groups in total. The van der Waals surface area contributed by atoms with Crippen molar-refractivity contribution in [2.24, 2.45) is 0 Å². The van der Waals surface area contributed by atoms with Gasteiger partial charge in [0.05, 0.1) is 13.1 Å². The molecular formula is C20H24ClN3O2. The van der Waals surface area contributed by atoms with Gasteiger partial charge in [-0.1, -0.05) is 41.9 Å². The zero-order valence-corrected chi connectivity index (χ0v) is 15.6. The van der Waals surface area contributed by atoms with Crippen LogP contribution in [0.1, 0.15) is 12.0 Å². The molecule has 2 aromatic carbocycles. The van der Waals surface area contributed by atoms with Crippen molar-refractivity contribution in [1.82, 2.24) is 10.2 Å². The fraction of sp³-hybridized carbons (Fsp3) is 0.300. The van der Waals surface area contributed by atoms with Gasteiger partial charge in [-0.2, -0.15) is 0 Å². The van der Waals surface area contributed by atoms with E-state index in [4.69, 9.17) is 11.6 Å². The molecule has 138 valence electrons. The van der Waals surface area contributed by atoms with Crippen LogP contribution < -0.4 is 10.6 Å². The monoisotopic (exact) mass is 373 g/mol. The molecule has 0 aliphatic heterocycles. The Morgan fingerprint density at radius 1 is 0.962 bits per heavy atom. The number of amides is 2. The van der Waals surface area contributed by atoms with Crippen LogP contribution in [0.3, 0.4) is 0 Å². The molecule has 0 saturated heterocycles. The van der Waals surface area contributed by atoms with Gasteiger partial charge in [-0.15, -0.1) is 0 Å². The van der Waals surface area contributed by atoms with Gasteiger partial charge >= 0.3 is 0 Å². The van der Waals surface area contributed by atoms with E-state index in [0.717, 1.165) is 12.8 Å². The number of nitrogens with zero attached hydrogens (tertiary/aromatic N) is 1. The fourth-order valence-electron chi connectivity index (χ4n) is 2.50. The Morgan fingerprint density at radius 3 is 2.31 bits per heavy atom. The predicted molar refractivity (Wildman–Crippen MR) is 105 cm³/mol. The number of carbonyl (C=O) groups is 2. The van der Waals surface area contributed by atoms with Gasteiger partial charge in [-0.25, -0.2) is 0 Å². The molecule has 0 aliphatic rings. The molecule has 0 heterocycles. The van der Waals surface area contributed by atoms with Gasteiger partial charge in [0.1, 0.15) is 0 Å². The molecule has 2 rings (SSSR count). The van der Waals surface area contributed by atoms with E-state index >= 15 is 0 Å². The molecular weight excluding hydrogens is 350 g/mol. The molecule has 0 saturated carbocycles. The van der Waals surface area contributed by atoms with Crippen molar-refractivity contribution in [2.45, 2.75) is 12.8 Å². The van der Waals surface area contributed by atoms with Crippen molar-refractivity contribution < 1.29 is 9.59 Å². The molecule has 2 aromatic rings. The lowest BCUT2D eigenvalue weighted by molar-refractivity contribution is -0.122. The van der Waals surface area contributed by atoms with Crippen LogP contribution in [0.4, 0.5) is 5.69 Å². The Kier molecular flexibility index (Phi) is 8.12. The standard InChI is InChI=1S/C20H24ClN3O2/c1-24(15-20(26)23-18-11-9-17(21)10-12-18)14-19(25)22-13-5-8-16-6-3-2-4-7-16/h2-4,6-7,9-12H,5,8,13-15H2,1H3,(H,22,25)(H,23,26). The van der Waals surface area contributed by atoms with Crippen LogP contribution in [-0.4, -0.2) is 43.4 Å². The summed E-state index contributed by atoms with van der Waals surface area (Å²) in [7, 11) is 1.74. The summed E-state index contributed by atoms with van der Waals surface area (Å²) in [6.45, 7) is 0.942. The van der Waals surface area contributed by atoms with E-state index in [1.54, 1.807) is 36.2 Å². The maximum atomic E-state index is 12.0. The summed E-state index contributed by atoms with van der Waals surface area (Å²) in [4.78, 5) is 25.6. The molecule has 0 atom stereocenters. The highest BCUT2D eigenvalue weighted by Crippen LogP contribution is 2.13. The van der Waals surface area contributed by atoms with Crippen molar-refractivity contribution >= 4 is 29.1 Å². The predicted octanol–water partition coefficient (Wildman–Crippen LogP) is 2.96. The number of aryl methyl sites for hydroxylation is 1. The first-order chi connectivity index (χ1) is 12.5. The van der Waals surface area contributed by atoms with E-state index in [0.29, 0.717) is 17.3 Å². The van der Waals surface area contributed by atoms with Crippen LogP contribution in [0.25, 0.3) is 0 Å². The van der Waals surface area contributed by atoms with Crippen molar-refractivity contribution in [1.29, 1.82) is 0 Å². The van der Waals surface area contributed by atoms with Crippen molar-refractivity contribution in [3.63, 3.8) is 0 Å². The van der Waals surface area contributed by atoms with Crippen LogP contribution in [-0.2, 0) is 16.0 Å². The third-order valence-electron chi connectivity index (χ3n) is 3.76. The second-order valence-corrected chi connectivity index (χ2v) is 6.60. The Bertz CT molecular complexity index is 705. The van der Waals surface area contributed by atoms with E-state index in [2.05, 4.69) is 22.8 Å². The lowest BCUT2D eigenvalue weighted by Gasteiger charge is -2.16. The molecule has 0 bridgehead atoms. The fourth-order valence-corrected chi connectivity index (χ4v) is 2.63. The quantitative estimate of drug-likeness (QED) is 0.664. The van der Waals surface area contributed by atoms with Crippen LogP contribution in [0, 0.1) is 0 Å². The maximum Gasteiger partial charge on any atom is 0.238 e. The Morgan fingerprint density at radius 2 is 1.62 bits per heavy atom. The van der Waals surface area contributed by atoms with E-state index in [-0.39, 0.29) is 24.9 Å². The maximum absolute atomic E-state index is 12.0. The van der Waals surface area contributed by atoms with Gasteiger partial charge in [0.2, 0.25) is 11.8 Å². The van der Waals surface area contributed by atoms with Crippen LogP contribution in [0.15, 0.2) is 54.6 Å². The van der Waals surface area contributed by atoms with Crippen LogP contribution in [0.2, 0.25) is 5.02 Å². The first-order valence-corrected chi connectivity index (χ1v) is 8.95. The highest BCUT2D eigenvalue weighted by Gasteiger charge is 2.10. The highest BCUT2D eigenvalue weighted by atomic mass is 35.5. The molecule has 0 fully saturated rings. The van der Waals surface area contributed by atoms with Crippen LogP contribution in [0.5, 0.6) is 0 Å². The minimum atomic E-state index is -0.174. The van der Waals surface area contributed by atoms with Crippen molar-refractivity contribution in [3.8, 4) is 0 Å². The second kappa shape index (κ2) is 10.6. The largest absolute Gasteiger partial charge is 0.355 e. The van der Waals surface area contributed by atoms with E-state index < -0.39 is 0 Å². The van der Waals surface area contributed by atoms with Gasteiger partial charge < -0.3 is 10.6 Å². The third-order valence-corrected chi connectivity index (χ3v) is 4.01. The number of carbonyl (C=O) groups excluding carboxylic acids is 2. The minimum absolute atomic E-state index is 0.0835. The van der Waals surface area contributed by atoms with Crippen molar-refractivity contribution in [2.75, 3.05) is 32.0 Å². The normalized spacial score (nSPS) is 10.6. The third kappa shape index (κ3) is 7.68. The van der Waals surface area contributed by atoms with E-state index in [1.807, 2.05) is 18.2 Å². The first kappa shape index (κ1) is 19.9. The van der Waals surface area contributed by atoms with Gasteiger partial charge in [0.15, 0.2) is 0 Å². The summed E-state index contributed by atoms with van der Waals surface area (Å²) in [6.07, 6.45) is 1.82. The first-order valence-electron chi connectivity index (χ1n) is 8.57. The molecule has 0 radical (unpaired) electrons. The van der Waals surface area contributed by atoms with E-state index in [9.17, 15) is 9.59 Å². The SMILES string of the molecule is CN(CC(=O)NCCCc1ccccc1)CC(=O)Nc1ccc(Cl)cc1. The molecule has 0 aliphatic carbocycles. The smallest absolute Gasteiger partial charge is 0.238 e. The van der Waals surface area contributed by atoms with E-state index in [1.165, 1.54) is 5.56 Å². The highest BCUT2D eigenvalue weighted by molar-refractivity contribution is 6.30. The molecule has 2 amide bonds. The lowest BCUT2D eigenvalue weighted by Crippen LogP contribution is -2.39. The summed E-state index contributed by atoms with van der Waals surface area (Å²) in [6, 6.07) is 17.1. The zero-order valence-electron chi connectivity index (χ0n) is 14.9. The lowest BCUT2D eigenvalue weighted by atomic mass is 10.1. The van der Waals surface area contributed by atoms with Crippen LogP contribution >= 0.6 is 11.6 Å². The summed E-state index contributed by atoms with van der Waals surface area (Å²) in [5, 5.41) is 6.27. The molecule has 0 aromatic heterocycles. The summed E-state index contributed by atoms with van der Waals surface area (Å²) in [5.74, 6) is -0.258. The number of anilines is 1. The summed E-state index contributed by atoms with van der Waals surface area (Å²) < 4.78 is 0. The number of likely N-dealkylation sites (N-methyl/N-ethyl adjacent to an activating group) is 1. The Balaban J connectivity index is 1.61. The number of rotatable bonds is 9. The second-order valence-electron chi connectivity index (χ2n) is 6.17. The molecule has 0 spiro atoms. The summed E-state index contributed by atoms with van der Waals surface area (Å²) in [5.41, 5.74) is 1.94. The number of hydrogen-bond donors (Lipinski definition) is 2. The molecule has 0 unspecified atom stereocenters. The van der Waals surface area contributed by atoms with Gasteiger partial charge in [-0.05, 0) is 49.7 Å². The van der Waals surface area contributed by atoms with Gasteiger partial charge in [0.25, 0.3) is 0 Å². The minimum Gasteiger partial charge on any atom is -0.355 e. The Labute approximate surface area is 159 Å². The number of halogens is 1. The number of benzene rings is 2. The number of hydrogen-bond acceptors (Lipinski definition) is 3. The van der Waals surface area contributed by atoms with Crippen molar-refractivity contribution in [3.05, 3.63) is 65.2 Å². The average Bonchev–Trinajstić information content (AvgIpc) is 2.61. The number of nitrogens with one attached hydrogen (secondary N) is 2. The average molecular weight is 374 g/mol. The molecule has 6 heteroatoms. The van der Waals surface area contributed by atoms with Gasteiger partial charge in [0, 0.05) is 17.3 Å². The Hall–Kier alpha value is -2.37. The molecule has 26 heavy (non-hydrogen) atoms. The topological polar surface area (TPSA) is 61.4 Å². The van der Waals surface area contributed by atoms with Gasteiger partial charge in [-0.3, -0.25) is 14.5 Å². The zero-order chi connectivity index (χ0) is 18.8. The molecule has 5 nitrogen and oxygen atoms in total. The summed E-state index contributed by atoms with van der Waals surface area (Å²) >= 11 is 5.81.